The second-order valence-electron chi connectivity index (χ2n) is 5.11. The van der Waals surface area contributed by atoms with Crippen LogP contribution in [0.25, 0.3) is 0 Å². The van der Waals surface area contributed by atoms with Crippen molar-refractivity contribution in [3.05, 3.63) is 23.4 Å². The van der Waals surface area contributed by atoms with Crippen LogP contribution in [-0.4, -0.2) is 24.5 Å². The first-order chi connectivity index (χ1) is 9.29. The number of halogens is 3. The maximum atomic E-state index is 12.7. The summed E-state index contributed by atoms with van der Waals surface area (Å²) in [6.07, 6.45) is -1.30. The summed E-state index contributed by atoms with van der Waals surface area (Å²) in [5.41, 5.74) is 4.20. The van der Waals surface area contributed by atoms with Crippen LogP contribution in [0.2, 0.25) is 0 Å². The van der Waals surface area contributed by atoms with Gasteiger partial charge in [-0.05, 0) is 30.9 Å². The highest BCUT2D eigenvalue weighted by molar-refractivity contribution is 5.97. The molecule has 20 heavy (non-hydrogen) atoms. The molecule has 0 unspecified atom stereocenters. The number of carbonyl (C=O) groups is 1. The van der Waals surface area contributed by atoms with E-state index in [1.165, 1.54) is 0 Å². The molecule has 1 amide bonds. The van der Waals surface area contributed by atoms with Crippen LogP contribution in [0.1, 0.15) is 35.3 Å². The van der Waals surface area contributed by atoms with Crippen LogP contribution in [0.4, 0.5) is 19.0 Å². The molecular weight excluding hydrogens is 271 g/mol. The van der Waals surface area contributed by atoms with Crippen LogP contribution in [0.3, 0.4) is 0 Å². The van der Waals surface area contributed by atoms with Gasteiger partial charge in [-0.25, -0.2) is 4.98 Å². The predicted octanol–water partition coefficient (Wildman–Crippen LogP) is 2.44. The van der Waals surface area contributed by atoms with E-state index in [-0.39, 0.29) is 11.4 Å². The third kappa shape index (κ3) is 3.02. The van der Waals surface area contributed by atoms with Crippen LogP contribution >= 0.6 is 0 Å². The maximum Gasteiger partial charge on any atom is 0.433 e. The highest BCUT2D eigenvalue weighted by Gasteiger charge is 2.34. The number of nitrogens with two attached hydrogens (primary N) is 1. The van der Waals surface area contributed by atoms with Crippen molar-refractivity contribution >= 4 is 11.7 Å². The fourth-order valence-electron chi connectivity index (χ4n) is 2.24. The van der Waals surface area contributed by atoms with E-state index in [0.29, 0.717) is 12.5 Å². The summed E-state index contributed by atoms with van der Waals surface area (Å²) in [5.74, 6) is -0.335. The summed E-state index contributed by atoms with van der Waals surface area (Å²) in [6.45, 7) is 0.578. The molecule has 110 valence electrons. The second-order valence-corrected chi connectivity index (χ2v) is 5.11. The van der Waals surface area contributed by atoms with E-state index < -0.39 is 17.8 Å². The molecule has 1 heterocycles. The average molecular weight is 287 g/mol. The molecule has 7 heteroatoms. The average Bonchev–Trinajstić information content (AvgIpc) is 2.31. The fraction of sp³-hybridized carbons (Fsp3) is 0.538. The summed E-state index contributed by atoms with van der Waals surface area (Å²) in [5, 5.41) is 0. The minimum atomic E-state index is -4.54. The molecular formula is C13H16F3N3O. The molecule has 0 aromatic carbocycles. The number of alkyl halides is 3. The van der Waals surface area contributed by atoms with Crippen LogP contribution in [0.15, 0.2) is 12.1 Å². The number of anilines is 1. The summed E-state index contributed by atoms with van der Waals surface area (Å²) in [7, 11) is 1.63. The molecule has 0 bridgehead atoms. The lowest BCUT2D eigenvalue weighted by Crippen LogP contribution is -2.32. The van der Waals surface area contributed by atoms with Gasteiger partial charge in [0.15, 0.2) is 0 Å². The van der Waals surface area contributed by atoms with Crippen molar-refractivity contribution in [3.8, 4) is 0 Å². The smallest absolute Gasteiger partial charge is 0.365 e. The van der Waals surface area contributed by atoms with Crippen molar-refractivity contribution in [2.45, 2.75) is 25.4 Å². The molecule has 1 aromatic heterocycles. The molecule has 2 N–H and O–H groups in total. The number of rotatable bonds is 4. The first-order valence-corrected chi connectivity index (χ1v) is 6.38. The number of aromatic nitrogens is 1. The zero-order valence-electron chi connectivity index (χ0n) is 11.1. The lowest BCUT2D eigenvalue weighted by molar-refractivity contribution is -0.141. The maximum absolute atomic E-state index is 12.7. The van der Waals surface area contributed by atoms with E-state index in [0.717, 1.165) is 31.4 Å². The molecule has 0 aliphatic heterocycles. The summed E-state index contributed by atoms with van der Waals surface area (Å²) < 4.78 is 38.1. The number of pyridine rings is 1. The Balaban J connectivity index is 2.32. The Morgan fingerprint density at radius 2 is 2.10 bits per heavy atom. The van der Waals surface area contributed by atoms with Crippen molar-refractivity contribution in [1.29, 1.82) is 0 Å². The number of carbonyl (C=O) groups excluding carboxylic acids is 1. The zero-order chi connectivity index (χ0) is 14.9. The molecule has 1 saturated carbocycles. The van der Waals surface area contributed by atoms with Crippen molar-refractivity contribution in [2.24, 2.45) is 11.7 Å². The van der Waals surface area contributed by atoms with Gasteiger partial charge in [0, 0.05) is 13.6 Å². The summed E-state index contributed by atoms with van der Waals surface area (Å²) in [4.78, 5) is 16.5. The van der Waals surface area contributed by atoms with Gasteiger partial charge in [0.25, 0.3) is 5.91 Å². The molecule has 0 atom stereocenters. The van der Waals surface area contributed by atoms with E-state index >= 15 is 0 Å². The third-order valence-corrected chi connectivity index (χ3v) is 3.55. The van der Waals surface area contributed by atoms with Gasteiger partial charge in [-0.1, -0.05) is 6.42 Å². The van der Waals surface area contributed by atoms with Gasteiger partial charge in [-0.3, -0.25) is 4.79 Å². The van der Waals surface area contributed by atoms with E-state index in [9.17, 15) is 18.0 Å². The van der Waals surface area contributed by atoms with Gasteiger partial charge in [0.05, 0.1) is 5.56 Å². The number of amides is 1. The number of hydrogen-bond acceptors (Lipinski definition) is 3. The second kappa shape index (κ2) is 5.30. The van der Waals surface area contributed by atoms with Crippen molar-refractivity contribution in [1.82, 2.24) is 4.98 Å². The van der Waals surface area contributed by atoms with Crippen LogP contribution in [0, 0.1) is 5.92 Å². The Labute approximate surface area is 114 Å². The Morgan fingerprint density at radius 1 is 1.45 bits per heavy atom. The van der Waals surface area contributed by atoms with Gasteiger partial charge >= 0.3 is 6.18 Å². The highest BCUT2D eigenvalue weighted by atomic mass is 19.4. The molecule has 0 saturated heterocycles. The number of nitrogens with zero attached hydrogens (tertiary/aromatic N) is 2. The highest BCUT2D eigenvalue weighted by Crippen LogP contribution is 2.32. The van der Waals surface area contributed by atoms with E-state index in [1.807, 2.05) is 0 Å². The molecule has 1 aromatic rings. The lowest BCUT2D eigenvalue weighted by atomic mass is 9.85. The zero-order valence-corrected chi connectivity index (χ0v) is 11.1. The van der Waals surface area contributed by atoms with Gasteiger partial charge in [-0.15, -0.1) is 0 Å². The molecule has 0 radical (unpaired) electrons. The van der Waals surface area contributed by atoms with Gasteiger partial charge in [-0.2, -0.15) is 13.2 Å². The molecule has 0 spiro atoms. The summed E-state index contributed by atoms with van der Waals surface area (Å²) >= 11 is 0. The van der Waals surface area contributed by atoms with Gasteiger partial charge in [0.2, 0.25) is 0 Å². The van der Waals surface area contributed by atoms with Gasteiger partial charge in [0.1, 0.15) is 11.5 Å². The Bertz CT molecular complexity index is 512. The minimum absolute atomic E-state index is 0.000718. The Kier molecular flexibility index (Phi) is 3.87. The Hall–Kier alpha value is -1.79. The predicted molar refractivity (Wildman–Crippen MR) is 68.4 cm³/mol. The molecule has 1 aliphatic carbocycles. The van der Waals surface area contributed by atoms with Gasteiger partial charge < -0.3 is 10.6 Å². The van der Waals surface area contributed by atoms with Crippen molar-refractivity contribution in [3.63, 3.8) is 0 Å². The van der Waals surface area contributed by atoms with E-state index in [1.54, 1.807) is 11.9 Å². The topological polar surface area (TPSA) is 59.2 Å². The van der Waals surface area contributed by atoms with E-state index in [4.69, 9.17) is 5.73 Å². The first-order valence-electron chi connectivity index (χ1n) is 6.38. The lowest BCUT2D eigenvalue weighted by Gasteiger charge is -2.31. The normalized spacial score (nSPS) is 15.8. The Morgan fingerprint density at radius 3 is 2.55 bits per heavy atom. The van der Waals surface area contributed by atoms with Crippen molar-refractivity contribution < 1.29 is 18.0 Å². The summed E-state index contributed by atoms with van der Waals surface area (Å²) in [6, 6.07) is 1.87. The quantitative estimate of drug-likeness (QED) is 0.925. The minimum Gasteiger partial charge on any atom is -0.365 e. The third-order valence-electron chi connectivity index (χ3n) is 3.55. The number of hydrogen-bond donors (Lipinski definition) is 1. The van der Waals surface area contributed by atoms with Crippen LogP contribution in [0.5, 0.6) is 0 Å². The fourth-order valence-corrected chi connectivity index (χ4v) is 2.24. The number of primary amides is 1. The van der Waals surface area contributed by atoms with Crippen LogP contribution < -0.4 is 10.6 Å². The standard InChI is InChI=1S/C13H16F3N3O/c1-19(7-8-3-2-4-8)12-9(11(17)20)5-6-10(18-12)13(14,15)16/h5-6,8H,2-4,7H2,1H3,(H2,17,20). The molecule has 2 rings (SSSR count). The molecule has 1 aliphatic rings. The largest absolute Gasteiger partial charge is 0.433 e. The first kappa shape index (κ1) is 14.6. The van der Waals surface area contributed by atoms with Crippen molar-refractivity contribution in [2.75, 3.05) is 18.5 Å². The SMILES string of the molecule is CN(CC1CCC1)c1nc(C(F)(F)F)ccc1C(N)=O. The molecule has 1 fully saturated rings. The monoisotopic (exact) mass is 287 g/mol. The molecule has 4 nitrogen and oxygen atoms in total. The van der Waals surface area contributed by atoms with Crippen LogP contribution in [-0.2, 0) is 6.18 Å². The van der Waals surface area contributed by atoms with E-state index in [2.05, 4.69) is 4.98 Å².